The monoisotopic (exact) mass is 283 g/mol. The summed E-state index contributed by atoms with van der Waals surface area (Å²) in [7, 11) is 0. The van der Waals surface area contributed by atoms with Crippen molar-refractivity contribution >= 4 is 12.4 Å². The molecule has 2 N–H and O–H groups in total. The van der Waals surface area contributed by atoms with Crippen LogP contribution in [-0.2, 0) is 6.42 Å². The molecule has 0 saturated carbocycles. The molecule has 1 aliphatic rings. The first-order valence-corrected chi connectivity index (χ1v) is 6.93. The normalized spacial score (nSPS) is 18.1. The van der Waals surface area contributed by atoms with E-state index in [2.05, 4.69) is 29.8 Å². The van der Waals surface area contributed by atoms with Gasteiger partial charge in [-0.2, -0.15) is 0 Å². The Morgan fingerprint density at radius 3 is 2.58 bits per heavy atom. The topological polar surface area (TPSA) is 42.1 Å². The minimum absolute atomic E-state index is 0. The summed E-state index contributed by atoms with van der Waals surface area (Å²) in [4.78, 5) is 6.69. The van der Waals surface area contributed by atoms with Gasteiger partial charge in [-0.3, -0.25) is 4.98 Å². The number of pyridine rings is 1. The van der Waals surface area contributed by atoms with Crippen molar-refractivity contribution in [1.29, 1.82) is 0 Å². The number of likely N-dealkylation sites (tertiary alicyclic amines) is 1. The Hall–Kier alpha value is -0.640. The van der Waals surface area contributed by atoms with Crippen molar-refractivity contribution < 1.29 is 0 Å². The fourth-order valence-electron chi connectivity index (χ4n) is 2.78. The average molecular weight is 284 g/mol. The fourth-order valence-corrected chi connectivity index (χ4v) is 2.78. The van der Waals surface area contributed by atoms with Crippen LogP contribution in [0, 0.1) is 5.92 Å². The second kappa shape index (κ2) is 7.22. The molecule has 1 aromatic heterocycles. The number of nitrogens with two attached hydrogens (primary N) is 1. The van der Waals surface area contributed by atoms with Crippen molar-refractivity contribution in [3.05, 3.63) is 30.1 Å². The summed E-state index contributed by atoms with van der Waals surface area (Å²) < 4.78 is 0. The smallest absolute Gasteiger partial charge is 0.0299 e. The third-order valence-corrected chi connectivity index (χ3v) is 3.59. The molecular weight excluding hydrogens is 258 g/mol. The van der Waals surface area contributed by atoms with Gasteiger partial charge in [0.05, 0.1) is 0 Å². The number of nitrogens with zero attached hydrogens (tertiary/aromatic N) is 2. The zero-order valence-corrected chi connectivity index (χ0v) is 12.8. The quantitative estimate of drug-likeness (QED) is 0.923. The van der Waals surface area contributed by atoms with E-state index in [1.807, 2.05) is 18.5 Å². The first-order valence-electron chi connectivity index (χ1n) is 6.93. The van der Waals surface area contributed by atoms with Crippen LogP contribution in [0.15, 0.2) is 24.5 Å². The minimum atomic E-state index is -0.0732. The first-order chi connectivity index (χ1) is 8.53. The Bertz CT molecular complexity index is 353. The molecule has 108 valence electrons. The van der Waals surface area contributed by atoms with Crippen molar-refractivity contribution in [2.24, 2.45) is 11.7 Å². The Morgan fingerprint density at radius 2 is 2.05 bits per heavy atom. The first kappa shape index (κ1) is 16.4. The maximum atomic E-state index is 6.07. The molecule has 0 radical (unpaired) electrons. The summed E-state index contributed by atoms with van der Waals surface area (Å²) in [5.41, 5.74) is 7.37. The Balaban J connectivity index is 0.00000180. The predicted molar refractivity (Wildman–Crippen MR) is 82.6 cm³/mol. The number of hydrogen-bond acceptors (Lipinski definition) is 3. The van der Waals surface area contributed by atoms with E-state index in [1.54, 1.807) is 0 Å². The predicted octanol–water partition coefficient (Wildman–Crippen LogP) is 2.50. The molecule has 0 spiro atoms. The Labute approximate surface area is 123 Å². The minimum Gasteiger partial charge on any atom is -0.324 e. The van der Waals surface area contributed by atoms with Gasteiger partial charge in [0.15, 0.2) is 0 Å². The molecule has 2 rings (SSSR count). The van der Waals surface area contributed by atoms with E-state index >= 15 is 0 Å². The van der Waals surface area contributed by atoms with Gasteiger partial charge >= 0.3 is 0 Å². The summed E-state index contributed by atoms with van der Waals surface area (Å²) in [5.74, 6) is 0.811. The van der Waals surface area contributed by atoms with Gasteiger partial charge in [0.25, 0.3) is 0 Å². The Kier molecular flexibility index (Phi) is 6.24. The molecule has 0 aromatic carbocycles. The second-order valence-electron chi connectivity index (χ2n) is 6.27. The van der Waals surface area contributed by atoms with Crippen molar-refractivity contribution in [2.45, 2.75) is 38.6 Å². The molecule has 4 heteroatoms. The largest absolute Gasteiger partial charge is 0.324 e. The number of hydrogen-bond donors (Lipinski definition) is 1. The molecule has 1 aromatic rings. The summed E-state index contributed by atoms with van der Waals surface area (Å²) in [6.07, 6.45) is 7.58. The molecule has 1 saturated heterocycles. The van der Waals surface area contributed by atoms with E-state index in [4.69, 9.17) is 5.73 Å². The van der Waals surface area contributed by atoms with E-state index in [0.717, 1.165) is 12.5 Å². The van der Waals surface area contributed by atoms with Gasteiger partial charge in [0.2, 0.25) is 0 Å². The van der Waals surface area contributed by atoms with Crippen molar-refractivity contribution in [1.82, 2.24) is 9.88 Å². The molecule has 2 heterocycles. The van der Waals surface area contributed by atoms with Crippen LogP contribution in [0.25, 0.3) is 0 Å². The van der Waals surface area contributed by atoms with Gasteiger partial charge in [-0.1, -0.05) is 6.07 Å². The molecule has 0 unspecified atom stereocenters. The lowest BCUT2D eigenvalue weighted by molar-refractivity contribution is 0.157. The van der Waals surface area contributed by atoms with Crippen LogP contribution in [0.2, 0.25) is 0 Å². The van der Waals surface area contributed by atoms with E-state index in [1.165, 1.54) is 37.9 Å². The van der Waals surface area contributed by atoms with Crippen molar-refractivity contribution in [2.75, 3.05) is 19.6 Å². The third kappa shape index (κ3) is 5.89. The SMILES string of the molecule is CC(C)(N)CN1CCC(Cc2cccnc2)CC1.Cl. The van der Waals surface area contributed by atoms with E-state index < -0.39 is 0 Å². The van der Waals surface area contributed by atoms with Crippen LogP contribution in [0.4, 0.5) is 0 Å². The van der Waals surface area contributed by atoms with Gasteiger partial charge < -0.3 is 10.6 Å². The maximum Gasteiger partial charge on any atom is 0.0299 e. The summed E-state index contributed by atoms with van der Waals surface area (Å²) in [5, 5.41) is 0. The van der Waals surface area contributed by atoms with Crippen LogP contribution in [0.5, 0.6) is 0 Å². The highest BCUT2D eigenvalue weighted by Gasteiger charge is 2.23. The molecule has 3 nitrogen and oxygen atoms in total. The third-order valence-electron chi connectivity index (χ3n) is 3.59. The van der Waals surface area contributed by atoms with E-state index in [9.17, 15) is 0 Å². The van der Waals surface area contributed by atoms with E-state index in [-0.39, 0.29) is 17.9 Å². The summed E-state index contributed by atoms with van der Waals surface area (Å²) in [6.45, 7) is 7.59. The highest BCUT2D eigenvalue weighted by molar-refractivity contribution is 5.85. The van der Waals surface area contributed by atoms with Crippen LogP contribution in [-0.4, -0.2) is 35.1 Å². The molecule has 0 aliphatic carbocycles. The molecule has 1 aliphatic heterocycles. The van der Waals surface area contributed by atoms with Crippen LogP contribution < -0.4 is 5.73 Å². The number of rotatable bonds is 4. The van der Waals surface area contributed by atoms with Crippen molar-refractivity contribution in [3.8, 4) is 0 Å². The molecular formula is C15H26ClN3. The van der Waals surface area contributed by atoms with Crippen LogP contribution in [0.3, 0.4) is 0 Å². The van der Waals surface area contributed by atoms with Gasteiger partial charge in [-0.05, 0) is 63.7 Å². The highest BCUT2D eigenvalue weighted by atomic mass is 35.5. The van der Waals surface area contributed by atoms with Gasteiger partial charge in [-0.25, -0.2) is 0 Å². The van der Waals surface area contributed by atoms with Crippen LogP contribution in [0.1, 0.15) is 32.3 Å². The second-order valence-corrected chi connectivity index (χ2v) is 6.27. The highest BCUT2D eigenvalue weighted by Crippen LogP contribution is 2.22. The number of halogens is 1. The molecule has 0 atom stereocenters. The molecule has 0 amide bonds. The Morgan fingerprint density at radius 1 is 1.37 bits per heavy atom. The molecule has 1 fully saturated rings. The maximum absolute atomic E-state index is 6.07. The summed E-state index contributed by atoms with van der Waals surface area (Å²) >= 11 is 0. The zero-order chi connectivity index (χ0) is 13.0. The van der Waals surface area contributed by atoms with Crippen LogP contribution >= 0.6 is 12.4 Å². The lowest BCUT2D eigenvalue weighted by Crippen LogP contribution is -2.48. The zero-order valence-electron chi connectivity index (χ0n) is 12.0. The lowest BCUT2D eigenvalue weighted by Gasteiger charge is -2.35. The fraction of sp³-hybridized carbons (Fsp3) is 0.667. The van der Waals surface area contributed by atoms with E-state index in [0.29, 0.717) is 0 Å². The van der Waals surface area contributed by atoms with Gasteiger partial charge in [0, 0.05) is 24.5 Å². The molecule has 0 bridgehead atoms. The van der Waals surface area contributed by atoms with Gasteiger partial charge in [-0.15, -0.1) is 12.4 Å². The average Bonchev–Trinajstić information content (AvgIpc) is 2.31. The number of piperidine rings is 1. The summed E-state index contributed by atoms with van der Waals surface area (Å²) in [6, 6.07) is 4.21. The lowest BCUT2D eigenvalue weighted by atomic mass is 9.90. The number of aromatic nitrogens is 1. The van der Waals surface area contributed by atoms with Crippen molar-refractivity contribution in [3.63, 3.8) is 0 Å². The molecule has 19 heavy (non-hydrogen) atoms. The standard InChI is InChI=1S/C15H25N3.ClH/c1-15(2,16)12-18-8-5-13(6-9-18)10-14-4-3-7-17-11-14;/h3-4,7,11,13H,5-6,8-10,12,16H2,1-2H3;1H. The van der Waals surface area contributed by atoms with Gasteiger partial charge in [0.1, 0.15) is 0 Å².